The van der Waals surface area contributed by atoms with Gasteiger partial charge in [0, 0.05) is 5.69 Å². The number of nitrogens with one attached hydrogen (secondary N) is 1. The molecule has 0 aromatic heterocycles. The zero-order valence-corrected chi connectivity index (χ0v) is 14.0. The first-order chi connectivity index (χ1) is 11.4. The van der Waals surface area contributed by atoms with Gasteiger partial charge in [-0.3, -0.25) is 4.79 Å². The predicted molar refractivity (Wildman–Crippen MR) is 90.1 cm³/mol. The van der Waals surface area contributed by atoms with Crippen LogP contribution in [0.2, 0.25) is 0 Å². The molecule has 0 saturated heterocycles. The molecule has 128 valence electrons. The van der Waals surface area contributed by atoms with Crippen molar-refractivity contribution in [2.24, 2.45) is 0 Å². The molecule has 2 aromatic rings. The zero-order valence-electron chi connectivity index (χ0n) is 13.2. The van der Waals surface area contributed by atoms with Crippen molar-refractivity contribution in [3.05, 3.63) is 59.9 Å². The molecular weight excluding hydrogens is 333 g/mol. The monoisotopic (exact) mass is 351 g/mol. The molecule has 0 heterocycles. The van der Waals surface area contributed by atoms with E-state index in [1.807, 2.05) is 6.92 Å². The van der Waals surface area contributed by atoms with E-state index in [4.69, 9.17) is 4.74 Å². The normalized spacial score (nSPS) is 11.1. The van der Waals surface area contributed by atoms with Crippen LogP contribution in [0.1, 0.15) is 12.5 Å². The third-order valence-electron chi connectivity index (χ3n) is 3.10. The maximum atomic E-state index is 12.8. The Morgan fingerprint density at radius 2 is 1.71 bits per heavy atom. The van der Waals surface area contributed by atoms with Gasteiger partial charge in [0.2, 0.25) is 5.91 Å². The molecule has 0 aliphatic rings. The lowest BCUT2D eigenvalue weighted by molar-refractivity contribution is -0.113. The van der Waals surface area contributed by atoms with Gasteiger partial charge in [0.1, 0.15) is 17.3 Å². The Bertz CT molecular complexity index is 786. The first-order valence-corrected chi connectivity index (χ1v) is 9.17. The summed E-state index contributed by atoms with van der Waals surface area (Å²) >= 11 is 0. The van der Waals surface area contributed by atoms with Gasteiger partial charge in [0.05, 0.1) is 12.4 Å². The van der Waals surface area contributed by atoms with Crippen molar-refractivity contribution in [1.82, 2.24) is 0 Å². The maximum absolute atomic E-state index is 12.8. The average molecular weight is 351 g/mol. The van der Waals surface area contributed by atoms with E-state index in [0.29, 0.717) is 23.6 Å². The number of benzene rings is 2. The number of hydrogen-bond acceptors (Lipinski definition) is 4. The van der Waals surface area contributed by atoms with E-state index in [2.05, 4.69) is 5.32 Å². The van der Waals surface area contributed by atoms with Gasteiger partial charge in [-0.25, -0.2) is 12.8 Å². The molecule has 0 spiro atoms. The lowest BCUT2D eigenvalue weighted by Crippen LogP contribution is -2.23. The number of halogens is 1. The van der Waals surface area contributed by atoms with Gasteiger partial charge < -0.3 is 10.1 Å². The van der Waals surface area contributed by atoms with E-state index < -0.39 is 27.3 Å². The summed E-state index contributed by atoms with van der Waals surface area (Å²) in [5.74, 6) is -1.35. The minimum Gasteiger partial charge on any atom is -0.494 e. The zero-order chi connectivity index (χ0) is 17.6. The molecule has 0 bridgehead atoms. The smallest absolute Gasteiger partial charge is 0.239 e. The molecule has 2 rings (SSSR count). The number of anilines is 1. The summed E-state index contributed by atoms with van der Waals surface area (Å²) in [5.41, 5.74) is 0.922. The molecule has 0 aliphatic heterocycles. The van der Waals surface area contributed by atoms with Crippen molar-refractivity contribution < 1.29 is 22.3 Å². The first kappa shape index (κ1) is 17.9. The van der Waals surface area contributed by atoms with Crippen LogP contribution in [0.3, 0.4) is 0 Å². The Morgan fingerprint density at radius 1 is 1.08 bits per heavy atom. The second kappa shape index (κ2) is 7.92. The fourth-order valence-electron chi connectivity index (χ4n) is 2.08. The highest BCUT2D eigenvalue weighted by Crippen LogP contribution is 2.16. The molecule has 0 atom stereocenters. The number of sulfone groups is 1. The van der Waals surface area contributed by atoms with Crippen LogP contribution in [-0.2, 0) is 20.4 Å². The summed E-state index contributed by atoms with van der Waals surface area (Å²) in [7, 11) is -3.64. The van der Waals surface area contributed by atoms with Crippen LogP contribution in [0.25, 0.3) is 0 Å². The molecule has 0 saturated carbocycles. The summed E-state index contributed by atoms with van der Waals surface area (Å²) in [6.45, 7) is 2.40. The Kier molecular flexibility index (Phi) is 5.92. The number of carbonyl (C=O) groups is 1. The van der Waals surface area contributed by atoms with Crippen molar-refractivity contribution in [3.8, 4) is 5.75 Å². The minimum atomic E-state index is -3.64. The Morgan fingerprint density at radius 3 is 2.29 bits per heavy atom. The number of rotatable bonds is 7. The highest BCUT2D eigenvalue weighted by Gasteiger charge is 2.17. The molecule has 0 aliphatic carbocycles. The summed E-state index contributed by atoms with van der Waals surface area (Å²) < 4.78 is 42.2. The third-order valence-corrected chi connectivity index (χ3v) is 4.58. The summed E-state index contributed by atoms with van der Waals surface area (Å²) in [6.07, 6.45) is 0. The second-order valence-corrected chi connectivity index (χ2v) is 7.23. The van der Waals surface area contributed by atoms with E-state index in [0.717, 1.165) is 0 Å². The van der Waals surface area contributed by atoms with Crippen molar-refractivity contribution in [3.63, 3.8) is 0 Å². The van der Waals surface area contributed by atoms with Crippen LogP contribution in [0.4, 0.5) is 10.1 Å². The van der Waals surface area contributed by atoms with Gasteiger partial charge in [0.15, 0.2) is 9.84 Å². The molecule has 2 aromatic carbocycles. The van der Waals surface area contributed by atoms with E-state index in [-0.39, 0.29) is 5.75 Å². The van der Waals surface area contributed by atoms with Crippen LogP contribution in [0.15, 0.2) is 48.5 Å². The van der Waals surface area contributed by atoms with Crippen molar-refractivity contribution in [1.29, 1.82) is 0 Å². The molecule has 1 N–H and O–H groups in total. The quantitative estimate of drug-likeness (QED) is 0.832. The van der Waals surface area contributed by atoms with Crippen LogP contribution < -0.4 is 10.1 Å². The average Bonchev–Trinajstić information content (AvgIpc) is 2.51. The Balaban J connectivity index is 1.93. The fraction of sp³-hybridized carbons (Fsp3) is 0.235. The molecule has 1 amide bonds. The lowest BCUT2D eigenvalue weighted by Gasteiger charge is -2.08. The third kappa shape index (κ3) is 5.66. The van der Waals surface area contributed by atoms with Crippen molar-refractivity contribution in [2.75, 3.05) is 17.7 Å². The highest BCUT2D eigenvalue weighted by atomic mass is 32.2. The second-order valence-electron chi connectivity index (χ2n) is 5.16. The molecule has 7 heteroatoms. The van der Waals surface area contributed by atoms with Gasteiger partial charge in [-0.1, -0.05) is 12.1 Å². The van der Waals surface area contributed by atoms with Gasteiger partial charge in [0.25, 0.3) is 0 Å². The maximum Gasteiger partial charge on any atom is 0.239 e. The largest absolute Gasteiger partial charge is 0.494 e. The minimum absolute atomic E-state index is 0.315. The lowest BCUT2D eigenvalue weighted by atomic mass is 10.2. The van der Waals surface area contributed by atoms with Crippen molar-refractivity contribution >= 4 is 21.4 Å². The van der Waals surface area contributed by atoms with Crippen LogP contribution in [-0.4, -0.2) is 26.7 Å². The van der Waals surface area contributed by atoms with Gasteiger partial charge in [-0.15, -0.1) is 0 Å². The van der Waals surface area contributed by atoms with E-state index >= 15 is 0 Å². The standard InChI is InChI=1S/C17H18FNO4S/c1-2-23-16-9-7-15(8-10-16)19-17(20)12-24(21,22)11-13-3-5-14(18)6-4-13/h3-10H,2,11-12H2,1H3,(H,19,20). The molecule has 0 unspecified atom stereocenters. The predicted octanol–water partition coefficient (Wildman–Crippen LogP) is 2.78. The highest BCUT2D eigenvalue weighted by molar-refractivity contribution is 7.91. The van der Waals surface area contributed by atoms with Crippen LogP contribution >= 0.6 is 0 Å². The van der Waals surface area contributed by atoms with E-state index in [9.17, 15) is 17.6 Å². The SMILES string of the molecule is CCOc1ccc(NC(=O)CS(=O)(=O)Cc2ccc(F)cc2)cc1. The molecule has 0 fully saturated rings. The van der Waals surface area contributed by atoms with Crippen LogP contribution in [0.5, 0.6) is 5.75 Å². The van der Waals surface area contributed by atoms with Crippen molar-refractivity contribution in [2.45, 2.75) is 12.7 Å². The number of ether oxygens (including phenoxy) is 1. The van der Waals surface area contributed by atoms with Crippen LogP contribution in [0, 0.1) is 5.82 Å². The first-order valence-electron chi connectivity index (χ1n) is 7.35. The molecule has 5 nitrogen and oxygen atoms in total. The van der Waals surface area contributed by atoms with Gasteiger partial charge >= 0.3 is 0 Å². The van der Waals surface area contributed by atoms with Gasteiger partial charge in [-0.2, -0.15) is 0 Å². The molecule has 0 radical (unpaired) electrons. The number of hydrogen-bond donors (Lipinski definition) is 1. The summed E-state index contributed by atoms with van der Waals surface area (Å²) in [5, 5.41) is 2.53. The Labute approximate surface area is 140 Å². The molecule has 24 heavy (non-hydrogen) atoms. The fourth-order valence-corrected chi connectivity index (χ4v) is 3.36. The van der Waals surface area contributed by atoms with Gasteiger partial charge in [-0.05, 0) is 48.9 Å². The number of amides is 1. The van der Waals surface area contributed by atoms with E-state index in [1.54, 1.807) is 24.3 Å². The molecular formula is C17H18FNO4S. The summed E-state index contributed by atoms with van der Waals surface area (Å²) in [4.78, 5) is 11.9. The van der Waals surface area contributed by atoms with E-state index in [1.165, 1.54) is 24.3 Å². The Hall–Kier alpha value is -2.41. The topological polar surface area (TPSA) is 72.5 Å². The number of carbonyl (C=O) groups excluding carboxylic acids is 1. The summed E-state index contributed by atoms with van der Waals surface area (Å²) in [6, 6.07) is 11.8.